The third-order valence-electron chi connectivity index (χ3n) is 3.07. The molecule has 0 radical (unpaired) electrons. The van der Waals surface area contributed by atoms with E-state index in [9.17, 15) is 8.78 Å². The van der Waals surface area contributed by atoms with Gasteiger partial charge in [0.2, 0.25) is 0 Å². The van der Waals surface area contributed by atoms with Crippen molar-refractivity contribution < 1.29 is 8.78 Å². The minimum Gasteiger partial charge on any atom is -0.313 e. The molecule has 5 heteroatoms. The lowest BCUT2D eigenvalue weighted by atomic mass is 9.98. The molecule has 0 aliphatic rings. The average molecular weight is 361 g/mol. The molecular formula is C15H13BrClF2N. The summed E-state index contributed by atoms with van der Waals surface area (Å²) in [6.45, 7) is 0. The van der Waals surface area contributed by atoms with Gasteiger partial charge in [0.25, 0.3) is 0 Å². The summed E-state index contributed by atoms with van der Waals surface area (Å²) in [7, 11) is 1.76. The second kappa shape index (κ2) is 6.66. The van der Waals surface area contributed by atoms with E-state index >= 15 is 0 Å². The molecule has 1 N–H and O–H groups in total. The maximum Gasteiger partial charge on any atom is 0.127 e. The first-order valence-electron chi connectivity index (χ1n) is 6.07. The number of likely N-dealkylation sites (N-methyl/N-ethyl adjacent to an activating group) is 1. The van der Waals surface area contributed by atoms with E-state index in [1.165, 1.54) is 18.2 Å². The zero-order valence-corrected chi connectivity index (χ0v) is 13.1. The maximum atomic E-state index is 13.8. The smallest absolute Gasteiger partial charge is 0.127 e. The first-order chi connectivity index (χ1) is 9.49. The number of rotatable bonds is 4. The summed E-state index contributed by atoms with van der Waals surface area (Å²) in [5.41, 5.74) is 1.29. The van der Waals surface area contributed by atoms with Crippen LogP contribution in [0.25, 0.3) is 0 Å². The topological polar surface area (TPSA) is 12.0 Å². The molecule has 0 heterocycles. The van der Waals surface area contributed by atoms with E-state index in [4.69, 9.17) is 11.6 Å². The summed E-state index contributed by atoms with van der Waals surface area (Å²) >= 11 is 9.00. The molecular weight excluding hydrogens is 348 g/mol. The van der Waals surface area contributed by atoms with Gasteiger partial charge in [-0.15, -0.1) is 0 Å². The van der Waals surface area contributed by atoms with Crippen LogP contribution in [0.3, 0.4) is 0 Å². The molecule has 0 saturated heterocycles. The Morgan fingerprint density at radius 3 is 2.55 bits per heavy atom. The van der Waals surface area contributed by atoms with E-state index in [2.05, 4.69) is 21.2 Å². The van der Waals surface area contributed by atoms with Crippen molar-refractivity contribution in [2.24, 2.45) is 0 Å². The van der Waals surface area contributed by atoms with Crippen LogP contribution in [0.4, 0.5) is 8.78 Å². The Kier molecular flexibility index (Phi) is 5.13. The zero-order valence-electron chi connectivity index (χ0n) is 10.8. The predicted octanol–water partition coefficient (Wildman–Crippen LogP) is 4.88. The Labute approximate surface area is 130 Å². The molecule has 0 aromatic heterocycles. The standard InChI is InChI=1S/C15H13BrClF2N/c1-20-15(10-4-11(16)7-13(18)5-10)6-9-2-3-12(17)8-14(9)19/h2-5,7-8,15,20H,6H2,1H3. The Bertz CT molecular complexity index is 599. The van der Waals surface area contributed by atoms with Crippen LogP contribution in [0.1, 0.15) is 17.2 Å². The average Bonchev–Trinajstić information content (AvgIpc) is 2.36. The Balaban J connectivity index is 2.28. The third kappa shape index (κ3) is 3.78. The SMILES string of the molecule is CNC(Cc1ccc(Cl)cc1F)c1cc(F)cc(Br)c1. The van der Waals surface area contributed by atoms with Gasteiger partial charge in [-0.2, -0.15) is 0 Å². The molecule has 0 aliphatic heterocycles. The minimum absolute atomic E-state index is 0.183. The molecule has 0 aliphatic carbocycles. The predicted molar refractivity (Wildman–Crippen MR) is 81.0 cm³/mol. The summed E-state index contributed by atoms with van der Waals surface area (Å²) in [5.74, 6) is -0.681. The largest absolute Gasteiger partial charge is 0.313 e. The van der Waals surface area contributed by atoms with Crippen molar-refractivity contribution in [2.75, 3.05) is 7.05 Å². The van der Waals surface area contributed by atoms with Crippen molar-refractivity contribution in [1.82, 2.24) is 5.32 Å². The summed E-state index contributed by atoms with van der Waals surface area (Å²) < 4.78 is 27.9. The van der Waals surface area contributed by atoms with Crippen LogP contribution in [-0.2, 0) is 6.42 Å². The summed E-state index contributed by atoms with van der Waals surface area (Å²) in [6, 6.07) is 9.05. The molecule has 0 spiro atoms. The van der Waals surface area contributed by atoms with Crippen LogP contribution in [0.15, 0.2) is 40.9 Å². The van der Waals surface area contributed by atoms with Crippen molar-refractivity contribution in [3.8, 4) is 0 Å². The number of nitrogens with one attached hydrogen (secondary N) is 1. The Morgan fingerprint density at radius 1 is 1.20 bits per heavy atom. The third-order valence-corrected chi connectivity index (χ3v) is 3.77. The molecule has 2 aromatic carbocycles. The summed E-state index contributed by atoms with van der Waals surface area (Å²) in [4.78, 5) is 0. The van der Waals surface area contributed by atoms with Crippen LogP contribution in [0.2, 0.25) is 5.02 Å². The van der Waals surface area contributed by atoms with Gasteiger partial charge in [0, 0.05) is 15.5 Å². The van der Waals surface area contributed by atoms with E-state index in [1.807, 2.05) is 6.07 Å². The quantitative estimate of drug-likeness (QED) is 0.819. The van der Waals surface area contributed by atoms with Gasteiger partial charge in [0.1, 0.15) is 11.6 Å². The van der Waals surface area contributed by atoms with Gasteiger partial charge in [-0.25, -0.2) is 8.78 Å². The van der Waals surface area contributed by atoms with Crippen molar-refractivity contribution in [2.45, 2.75) is 12.5 Å². The lowest BCUT2D eigenvalue weighted by molar-refractivity contribution is 0.549. The lowest BCUT2D eigenvalue weighted by Gasteiger charge is -2.18. The first kappa shape index (κ1) is 15.4. The monoisotopic (exact) mass is 359 g/mol. The maximum absolute atomic E-state index is 13.8. The highest BCUT2D eigenvalue weighted by Gasteiger charge is 2.14. The molecule has 20 heavy (non-hydrogen) atoms. The van der Waals surface area contributed by atoms with Gasteiger partial charge in [0.05, 0.1) is 0 Å². The lowest BCUT2D eigenvalue weighted by Crippen LogP contribution is -2.19. The van der Waals surface area contributed by atoms with E-state index in [1.54, 1.807) is 19.2 Å². The first-order valence-corrected chi connectivity index (χ1v) is 7.24. The molecule has 0 fully saturated rings. The molecule has 1 atom stereocenters. The molecule has 106 valence electrons. The van der Waals surface area contributed by atoms with Crippen LogP contribution < -0.4 is 5.32 Å². The number of benzene rings is 2. The molecule has 1 unspecified atom stereocenters. The Morgan fingerprint density at radius 2 is 1.95 bits per heavy atom. The van der Waals surface area contributed by atoms with Gasteiger partial charge in [-0.3, -0.25) is 0 Å². The van der Waals surface area contributed by atoms with Gasteiger partial charge in [-0.05, 0) is 54.9 Å². The number of hydrogen-bond donors (Lipinski definition) is 1. The van der Waals surface area contributed by atoms with Crippen molar-refractivity contribution in [3.05, 3.63) is 68.7 Å². The fraction of sp³-hybridized carbons (Fsp3) is 0.200. The number of hydrogen-bond acceptors (Lipinski definition) is 1. The fourth-order valence-electron chi connectivity index (χ4n) is 2.07. The second-order valence-electron chi connectivity index (χ2n) is 4.48. The van der Waals surface area contributed by atoms with Crippen molar-refractivity contribution in [1.29, 1.82) is 0 Å². The van der Waals surface area contributed by atoms with Gasteiger partial charge in [0.15, 0.2) is 0 Å². The van der Waals surface area contributed by atoms with E-state index in [-0.39, 0.29) is 17.7 Å². The highest BCUT2D eigenvalue weighted by atomic mass is 79.9. The van der Waals surface area contributed by atoms with Crippen LogP contribution >= 0.6 is 27.5 Å². The van der Waals surface area contributed by atoms with Crippen LogP contribution in [0.5, 0.6) is 0 Å². The van der Waals surface area contributed by atoms with Crippen molar-refractivity contribution in [3.63, 3.8) is 0 Å². The summed E-state index contributed by atoms with van der Waals surface area (Å²) in [5, 5.41) is 3.44. The van der Waals surface area contributed by atoms with E-state index < -0.39 is 0 Å². The Hall–Kier alpha value is -0.970. The highest BCUT2D eigenvalue weighted by Crippen LogP contribution is 2.25. The molecule has 0 bridgehead atoms. The normalized spacial score (nSPS) is 12.4. The molecule has 1 nitrogen and oxygen atoms in total. The minimum atomic E-state index is -0.354. The van der Waals surface area contributed by atoms with Gasteiger partial charge < -0.3 is 5.32 Å². The van der Waals surface area contributed by atoms with Crippen LogP contribution in [0, 0.1) is 11.6 Å². The van der Waals surface area contributed by atoms with Gasteiger partial charge in [-0.1, -0.05) is 33.6 Å². The molecule has 2 aromatic rings. The van der Waals surface area contributed by atoms with E-state index in [0.717, 1.165) is 5.56 Å². The number of halogens is 4. The molecule has 2 rings (SSSR count). The van der Waals surface area contributed by atoms with Crippen molar-refractivity contribution >= 4 is 27.5 Å². The summed E-state index contributed by atoms with van der Waals surface area (Å²) in [6.07, 6.45) is 0.412. The fourth-order valence-corrected chi connectivity index (χ4v) is 2.71. The van der Waals surface area contributed by atoms with Crippen LogP contribution in [-0.4, -0.2) is 7.05 Å². The molecule has 0 amide bonds. The highest BCUT2D eigenvalue weighted by molar-refractivity contribution is 9.10. The molecule has 0 saturated carbocycles. The zero-order chi connectivity index (χ0) is 14.7. The van der Waals surface area contributed by atoms with E-state index in [0.29, 0.717) is 21.5 Å². The second-order valence-corrected chi connectivity index (χ2v) is 5.84. The van der Waals surface area contributed by atoms with Gasteiger partial charge >= 0.3 is 0 Å².